The van der Waals surface area contributed by atoms with Crippen molar-refractivity contribution in [2.45, 2.75) is 25.8 Å². The molecule has 5 heteroatoms. The highest BCUT2D eigenvalue weighted by atomic mass is 16.2. The van der Waals surface area contributed by atoms with Crippen molar-refractivity contribution in [3.8, 4) is 0 Å². The molecule has 3 rings (SSSR count). The van der Waals surface area contributed by atoms with Crippen molar-refractivity contribution in [1.82, 2.24) is 10.2 Å². The van der Waals surface area contributed by atoms with Crippen LogP contribution in [-0.4, -0.2) is 36.3 Å². The van der Waals surface area contributed by atoms with E-state index in [9.17, 15) is 9.59 Å². The Kier molecular flexibility index (Phi) is 3.92. The Morgan fingerprint density at radius 1 is 1.33 bits per heavy atom. The fraction of sp³-hybridized carbons (Fsp3) is 0.500. The highest BCUT2D eigenvalue weighted by molar-refractivity contribution is 6.01. The zero-order valence-electron chi connectivity index (χ0n) is 12.1. The lowest BCUT2D eigenvalue weighted by Gasteiger charge is -2.25. The van der Waals surface area contributed by atoms with Gasteiger partial charge in [0.25, 0.3) is 5.91 Å². The van der Waals surface area contributed by atoms with Gasteiger partial charge in [-0.05, 0) is 56.0 Å². The zero-order valence-corrected chi connectivity index (χ0v) is 12.1. The van der Waals surface area contributed by atoms with Gasteiger partial charge < -0.3 is 16.0 Å². The molecule has 3 N–H and O–H groups in total. The van der Waals surface area contributed by atoms with Crippen molar-refractivity contribution < 1.29 is 9.59 Å². The van der Waals surface area contributed by atoms with E-state index in [1.54, 1.807) is 12.1 Å². The van der Waals surface area contributed by atoms with Gasteiger partial charge >= 0.3 is 0 Å². The lowest BCUT2D eigenvalue weighted by molar-refractivity contribution is 0.0766. The first-order chi connectivity index (χ1) is 10.1. The molecule has 0 aromatic heterocycles. The number of hydrogen-bond acceptors (Lipinski definition) is 3. The van der Waals surface area contributed by atoms with Gasteiger partial charge in [-0.15, -0.1) is 0 Å². The monoisotopic (exact) mass is 287 g/mol. The Morgan fingerprint density at radius 2 is 2.10 bits per heavy atom. The van der Waals surface area contributed by atoms with Gasteiger partial charge in [-0.2, -0.15) is 0 Å². The van der Waals surface area contributed by atoms with Gasteiger partial charge in [-0.3, -0.25) is 9.59 Å². The summed E-state index contributed by atoms with van der Waals surface area (Å²) in [6.45, 7) is 3.61. The molecule has 112 valence electrons. The van der Waals surface area contributed by atoms with Crippen LogP contribution in [0.5, 0.6) is 0 Å². The van der Waals surface area contributed by atoms with Crippen LogP contribution in [0.3, 0.4) is 0 Å². The molecule has 2 aliphatic rings. The van der Waals surface area contributed by atoms with E-state index in [0.717, 1.165) is 31.6 Å². The van der Waals surface area contributed by atoms with Gasteiger partial charge in [0.1, 0.15) is 0 Å². The SMILES string of the molecule is NC(=O)c1ccc2c(c1)C(=O)N(CCC1CCNCC1)C2. The van der Waals surface area contributed by atoms with Crippen LogP contribution in [0, 0.1) is 5.92 Å². The molecule has 0 radical (unpaired) electrons. The van der Waals surface area contributed by atoms with Crippen molar-refractivity contribution in [3.63, 3.8) is 0 Å². The van der Waals surface area contributed by atoms with Gasteiger partial charge in [0, 0.05) is 24.2 Å². The third-order valence-electron chi connectivity index (χ3n) is 4.54. The minimum Gasteiger partial charge on any atom is -0.366 e. The molecule has 0 bridgehead atoms. The molecule has 5 nitrogen and oxygen atoms in total. The number of carbonyl (C=O) groups excluding carboxylic acids is 2. The summed E-state index contributed by atoms with van der Waals surface area (Å²) in [5.74, 6) is 0.254. The van der Waals surface area contributed by atoms with E-state index in [1.807, 2.05) is 11.0 Å². The number of carbonyl (C=O) groups is 2. The third kappa shape index (κ3) is 2.93. The number of rotatable bonds is 4. The second-order valence-electron chi connectivity index (χ2n) is 5.94. The van der Waals surface area contributed by atoms with E-state index in [0.29, 0.717) is 23.6 Å². The molecule has 1 saturated heterocycles. The highest BCUT2D eigenvalue weighted by Crippen LogP contribution is 2.25. The molecule has 0 saturated carbocycles. The number of primary amides is 1. The lowest BCUT2D eigenvalue weighted by Crippen LogP contribution is -2.31. The van der Waals surface area contributed by atoms with Crippen LogP contribution in [0.25, 0.3) is 0 Å². The van der Waals surface area contributed by atoms with E-state index in [-0.39, 0.29) is 5.91 Å². The molecule has 2 amide bonds. The van der Waals surface area contributed by atoms with E-state index in [4.69, 9.17) is 5.73 Å². The fourth-order valence-corrected chi connectivity index (χ4v) is 3.20. The molecule has 2 aliphatic heterocycles. The molecule has 0 unspecified atom stereocenters. The van der Waals surface area contributed by atoms with E-state index >= 15 is 0 Å². The summed E-state index contributed by atoms with van der Waals surface area (Å²) in [6.07, 6.45) is 3.45. The van der Waals surface area contributed by atoms with Crippen LogP contribution in [0.15, 0.2) is 18.2 Å². The molecule has 1 aromatic rings. The number of amides is 2. The molecular weight excluding hydrogens is 266 g/mol. The number of nitrogens with two attached hydrogens (primary N) is 1. The quantitative estimate of drug-likeness (QED) is 0.871. The third-order valence-corrected chi connectivity index (χ3v) is 4.54. The maximum absolute atomic E-state index is 12.4. The topological polar surface area (TPSA) is 75.4 Å². The van der Waals surface area contributed by atoms with Gasteiger partial charge in [0.15, 0.2) is 0 Å². The van der Waals surface area contributed by atoms with E-state index in [2.05, 4.69) is 5.32 Å². The molecule has 2 heterocycles. The average Bonchev–Trinajstić information content (AvgIpc) is 2.82. The molecule has 0 atom stereocenters. The van der Waals surface area contributed by atoms with Crippen LogP contribution in [0.2, 0.25) is 0 Å². The first kappa shape index (κ1) is 14.1. The van der Waals surface area contributed by atoms with Gasteiger partial charge in [0.2, 0.25) is 5.91 Å². The number of fused-ring (bicyclic) bond motifs is 1. The minimum atomic E-state index is -0.487. The van der Waals surface area contributed by atoms with Gasteiger partial charge in [-0.25, -0.2) is 0 Å². The van der Waals surface area contributed by atoms with Crippen molar-refractivity contribution in [2.75, 3.05) is 19.6 Å². The summed E-state index contributed by atoms with van der Waals surface area (Å²) in [7, 11) is 0. The van der Waals surface area contributed by atoms with Crippen LogP contribution < -0.4 is 11.1 Å². The number of benzene rings is 1. The lowest BCUT2D eigenvalue weighted by atomic mass is 9.94. The highest BCUT2D eigenvalue weighted by Gasteiger charge is 2.28. The molecular formula is C16H21N3O2. The minimum absolute atomic E-state index is 0.0297. The van der Waals surface area contributed by atoms with Crippen LogP contribution in [0.1, 0.15) is 45.5 Å². The van der Waals surface area contributed by atoms with Crippen LogP contribution >= 0.6 is 0 Å². The first-order valence-corrected chi connectivity index (χ1v) is 7.58. The molecule has 0 spiro atoms. The van der Waals surface area contributed by atoms with E-state index in [1.165, 1.54) is 12.8 Å². The average molecular weight is 287 g/mol. The van der Waals surface area contributed by atoms with Crippen LogP contribution in [0.4, 0.5) is 0 Å². The smallest absolute Gasteiger partial charge is 0.254 e. The van der Waals surface area contributed by atoms with Gasteiger partial charge in [-0.1, -0.05) is 6.07 Å². The predicted molar refractivity (Wildman–Crippen MR) is 79.9 cm³/mol. The Morgan fingerprint density at radius 3 is 2.81 bits per heavy atom. The maximum atomic E-state index is 12.4. The van der Waals surface area contributed by atoms with Crippen molar-refractivity contribution in [3.05, 3.63) is 34.9 Å². The largest absolute Gasteiger partial charge is 0.366 e. The standard InChI is InChI=1S/C16H21N3O2/c17-15(20)12-1-2-13-10-19(16(21)14(13)9-12)8-5-11-3-6-18-7-4-11/h1-2,9,11,18H,3-8,10H2,(H2,17,20). The van der Waals surface area contributed by atoms with Crippen molar-refractivity contribution in [2.24, 2.45) is 11.7 Å². The van der Waals surface area contributed by atoms with Crippen LogP contribution in [-0.2, 0) is 6.54 Å². The summed E-state index contributed by atoms with van der Waals surface area (Å²) in [6, 6.07) is 5.17. The van der Waals surface area contributed by atoms with Crippen molar-refractivity contribution in [1.29, 1.82) is 0 Å². The number of piperidine rings is 1. The Balaban J connectivity index is 1.64. The van der Waals surface area contributed by atoms with Crippen molar-refractivity contribution >= 4 is 11.8 Å². The Hall–Kier alpha value is -1.88. The summed E-state index contributed by atoms with van der Waals surface area (Å²) in [5, 5.41) is 3.36. The summed E-state index contributed by atoms with van der Waals surface area (Å²) < 4.78 is 0. The zero-order chi connectivity index (χ0) is 14.8. The number of hydrogen-bond donors (Lipinski definition) is 2. The second-order valence-corrected chi connectivity index (χ2v) is 5.94. The van der Waals surface area contributed by atoms with E-state index < -0.39 is 5.91 Å². The Labute approximate surface area is 124 Å². The normalized spacial score (nSPS) is 18.9. The summed E-state index contributed by atoms with van der Waals surface area (Å²) in [5.41, 5.74) is 7.31. The number of nitrogens with zero attached hydrogens (tertiary/aromatic N) is 1. The summed E-state index contributed by atoms with van der Waals surface area (Å²) >= 11 is 0. The fourth-order valence-electron chi connectivity index (χ4n) is 3.20. The first-order valence-electron chi connectivity index (χ1n) is 7.58. The Bertz CT molecular complexity index is 565. The molecule has 1 fully saturated rings. The van der Waals surface area contributed by atoms with Gasteiger partial charge in [0.05, 0.1) is 0 Å². The second kappa shape index (κ2) is 5.85. The molecule has 0 aliphatic carbocycles. The predicted octanol–water partition coefficient (Wildman–Crippen LogP) is 1.13. The number of nitrogens with one attached hydrogen (secondary N) is 1. The maximum Gasteiger partial charge on any atom is 0.254 e. The molecule has 21 heavy (non-hydrogen) atoms. The molecule has 1 aromatic carbocycles. The summed E-state index contributed by atoms with van der Waals surface area (Å²) in [4.78, 5) is 25.5.